The molecule has 0 saturated heterocycles. The van der Waals surface area contributed by atoms with E-state index in [1.807, 2.05) is 0 Å². The lowest BCUT2D eigenvalue weighted by Gasteiger charge is -2.24. The third-order valence-electron chi connectivity index (χ3n) is 2.07. The van der Waals surface area contributed by atoms with Crippen molar-refractivity contribution < 1.29 is 9.90 Å². The summed E-state index contributed by atoms with van der Waals surface area (Å²) < 4.78 is 0. The van der Waals surface area contributed by atoms with E-state index in [4.69, 9.17) is 16.7 Å². The van der Waals surface area contributed by atoms with Crippen molar-refractivity contribution >= 4 is 17.9 Å². The number of carbonyl (C=O) groups excluding carboxylic acids is 1. The standard InChI is InChI=1S/C8H11ClO2/c9-8-6(4-10)2-1-3-7(8)5-11/h4-6,8,11H,1-3H2/b7-5+/t6-,8-/m0/s1. The minimum absolute atomic E-state index is 0.108. The van der Waals surface area contributed by atoms with Crippen molar-refractivity contribution in [3.63, 3.8) is 0 Å². The first-order chi connectivity index (χ1) is 5.29. The van der Waals surface area contributed by atoms with Gasteiger partial charge in [0.05, 0.1) is 11.6 Å². The van der Waals surface area contributed by atoms with Crippen LogP contribution in [0.1, 0.15) is 19.3 Å². The summed E-state index contributed by atoms with van der Waals surface area (Å²) in [7, 11) is 0. The number of aliphatic hydroxyl groups is 1. The lowest BCUT2D eigenvalue weighted by Crippen LogP contribution is -2.23. The monoisotopic (exact) mass is 174 g/mol. The van der Waals surface area contributed by atoms with Gasteiger partial charge in [0.2, 0.25) is 0 Å². The van der Waals surface area contributed by atoms with Crippen LogP contribution in [0, 0.1) is 5.92 Å². The molecule has 0 aromatic heterocycles. The first kappa shape index (κ1) is 8.60. The molecule has 0 aromatic rings. The Morgan fingerprint density at radius 1 is 1.64 bits per heavy atom. The molecule has 0 heterocycles. The van der Waals surface area contributed by atoms with Gasteiger partial charge < -0.3 is 9.90 Å². The Morgan fingerprint density at radius 3 is 2.91 bits per heavy atom. The summed E-state index contributed by atoms with van der Waals surface area (Å²) in [5.41, 5.74) is 0.787. The Bertz CT molecular complexity index is 177. The molecule has 1 aliphatic carbocycles. The predicted octanol–water partition coefficient (Wildman–Crippen LogP) is 2.03. The molecular formula is C8H11ClO2. The third-order valence-corrected chi connectivity index (χ3v) is 2.68. The Labute approximate surface area is 70.9 Å². The highest BCUT2D eigenvalue weighted by atomic mass is 35.5. The second-order valence-electron chi connectivity index (χ2n) is 2.80. The second-order valence-corrected chi connectivity index (χ2v) is 3.27. The largest absolute Gasteiger partial charge is 0.516 e. The molecule has 1 N–H and O–H groups in total. The Kier molecular flexibility index (Phi) is 2.94. The summed E-state index contributed by atoms with van der Waals surface area (Å²) in [5, 5.41) is 8.43. The molecule has 0 unspecified atom stereocenters. The number of halogens is 1. The molecule has 2 atom stereocenters. The van der Waals surface area contributed by atoms with Crippen molar-refractivity contribution in [3.8, 4) is 0 Å². The predicted molar refractivity (Wildman–Crippen MR) is 43.8 cm³/mol. The van der Waals surface area contributed by atoms with E-state index in [-0.39, 0.29) is 11.3 Å². The molecule has 1 fully saturated rings. The lowest BCUT2D eigenvalue weighted by atomic mass is 9.86. The summed E-state index contributed by atoms with van der Waals surface area (Å²) in [4.78, 5) is 10.4. The van der Waals surface area contributed by atoms with Crippen LogP contribution in [-0.2, 0) is 4.79 Å². The molecule has 1 saturated carbocycles. The zero-order chi connectivity index (χ0) is 8.27. The van der Waals surface area contributed by atoms with Crippen LogP contribution in [0.2, 0.25) is 0 Å². The Hall–Kier alpha value is -0.500. The molecule has 1 aliphatic rings. The van der Waals surface area contributed by atoms with E-state index >= 15 is 0 Å². The van der Waals surface area contributed by atoms with Gasteiger partial charge in [-0.3, -0.25) is 0 Å². The minimum Gasteiger partial charge on any atom is -0.516 e. The van der Waals surface area contributed by atoms with Crippen LogP contribution in [0.15, 0.2) is 11.8 Å². The van der Waals surface area contributed by atoms with Gasteiger partial charge in [0.25, 0.3) is 0 Å². The zero-order valence-electron chi connectivity index (χ0n) is 6.16. The Balaban J connectivity index is 2.66. The highest BCUT2D eigenvalue weighted by molar-refractivity contribution is 6.23. The van der Waals surface area contributed by atoms with E-state index in [2.05, 4.69) is 0 Å². The summed E-state index contributed by atoms with van der Waals surface area (Å²) in [5.74, 6) is -0.108. The molecule has 0 bridgehead atoms. The van der Waals surface area contributed by atoms with Gasteiger partial charge in [0, 0.05) is 5.92 Å². The molecule has 2 nitrogen and oxygen atoms in total. The van der Waals surface area contributed by atoms with Gasteiger partial charge in [-0.05, 0) is 24.8 Å². The molecule has 0 radical (unpaired) electrons. The maximum absolute atomic E-state index is 10.4. The summed E-state index contributed by atoms with van der Waals surface area (Å²) in [6.45, 7) is 0. The number of allylic oxidation sites excluding steroid dienone is 1. The van der Waals surface area contributed by atoms with Crippen LogP contribution in [-0.4, -0.2) is 16.8 Å². The topological polar surface area (TPSA) is 37.3 Å². The van der Waals surface area contributed by atoms with Crippen molar-refractivity contribution in [2.75, 3.05) is 0 Å². The molecule has 3 heteroatoms. The van der Waals surface area contributed by atoms with E-state index < -0.39 is 0 Å². The minimum atomic E-state index is -0.286. The fourth-order valence-corrected chi connectivity index (χ4v) is 1.72. The number of alkyl halides is 1. The van der Waals surface area contributed by atoms with E-state index in [1.165, 1.54) is 0 Å². The first-order valence-electron chi connectivity index (χ1n) is 3.72. The number of carbonyl (C=O) groups is 1. The summed E-state index contributed by atoms with van der Waals surface area (Å²) in [6, 6.07) is 0. The van der Waals surface area contributed by atoms with E-state index in [0.29, 0.717) is 0 Å². The highest BCUT2D eigenvalue weighted by Crippen LogP contribution is 2.31. The third kappa shape index (κ3) is 1.74. The SMILES string of the molecule is O=C[C@@H]1CCC/C(=C\O)[C@H]1Cl. The van der Waals surface area contributed by atoms with Crippen molar-refractivity contribution in [2.24, 2.45) is 5.92 Å². The van der Waals surface area contributed by atoms with Gasteiger partial charge >= 0.3 is 0 Å². The Morgan fingerprint density at radius 2 is 2.36 bits per heavy atom. The van der Waals surface area contributed by atoms with Gasteiger partial charge in [-0.1, -0.05) is 0 Å². The van der Waals surface area contributed by atoms with Crippen LogP contribution in [0.4, 0.5) is 0 Å². The number of hydrogen-bond acceptors (Lipinski definition) is 2. The van der Waals surface area contributed by atoms with Crippen molar-refractivity contribution in [1.29, 1.82) is 0 Å². The van der Waals surface area contributed by atoms with Crippen LogP contribution in [0.25, 0.3) is 0 Å². The van der Waals surface area contributed by atoms with E-state index in [9.17, 15) is 4.79 Å². The average Bonchev–Trinajstić information content (AvgIpc) is 2.05. The molecule has 0 aromatic carbocycles. The van der Waals surface area contributed by atoms with Gasteiger partial charge in [-0.15, -0.1) is 11.6 Å². The quantitative estimate of drug-likeness (QED) is 0.375. The van der Waals surface area contributed by atoms with E-state index in [0.717, 1.165) is 37.4 Å². The van der Waals surface area contributed by atoms with Crippen LogP contribution < -0.4 is 0 Å². The van der Waals surface area contributed by atoms with Gasteiger partial charge in [0.15, 0.2) is 0 Å². The zero-order valence-corrected chi connectivity index (χ0v) is 6.92. The van der Waals surface area contributed by atoms with Crippen LogP contribution in [0.5, 0.6) is 0 Å². The fraction of sp³-hybridized carbons (Fsp3) is 0.625. The molecule has 0 amide bonds. The average molecular weight is 175 g/mol. The molecule has 0 aliphatic heterocycles. The summed E-state index contributed by atoms with van der Waals surface area (Å²) in [6.07, 6.45) is 4.51. The number of aldehydes is 1. The van der Waals surface area contributed by atoms with Crippen LogP contribution >= 0.6 is 11.6 Å². The molecule has 1 rings (SSSR count). The maximum Gasteiger partial charge on any atom is 0.124 e. The van der Waals surface area contributed by atoms with Gasteiger partial charge in [-0.2, -0.15) is 0 Å². The van der Waals surface area contributed by atoms with Crippen molar-refractivity contribution in [3.05, 3.63) is 11.8 Å². The number of hydrogen-bond donors (Lipinski definition) is 1. The number of rotatable bonds is 1. The molecule has 11 heavy (non-hydrogen) atoms. The van der Waals surface area contributed by atoms with Crippen LogP contribution in [0.3, 0.4) is 0 Å². The van der Waals surface area contributed by atoms with E-state index in [1.54, 1.807) is 0 Å². The lowest BCUT2D eigenvalue weighted by molar-refractivity contribution is -0.111. The van der Waals surface area contributed by atoms with Gasteiger partial charge in [-0.25, -0.2) is 0 Å². The highest BCUT2D eigenvalue weighted by Gasteiger charge is 2.26. The normalized spacial score (nSPS) is 35.5. The first-order valence-corrected chi connectivity index (χ1v) is 4.15. The fourth-order valence-electron chi connectivity index (χ4n) is 1.37. The molecule has 0 spiro atoms. The number of aliphatic hydroxyl groups excluding tert-OH is 1. The summed E-state index contributed by atoms with van der Waals surface area (Å²) >= 11 is 5.89. The second kappa shape index (κ2) is 3.77. The molecular weight excluding hydrogens is 164 g/mol. The smallest absolute Gasteiger partial charge is 0.124 e. The maximum atomic E-state index is 10.4. The van der Waals surface area contributed by atoms with Crippen molar-refractivity contribution in [1.82, 2.24) is 0 Å². The van der Waals surface area contributed by atoms with Gasteiger partial charge in [0.1, 0.15) is 6.29 Å². The van der Waals surface area contributed by atoms with Crippen molar-refractivity contribution in [2.45, 2.75) is 24.6 Å². The molecule has 62 valence electrons.